The molecule has 12 heavy (non-hydrogen) atoms. The molecule has 0 saturated carbocycles. The van der Waals surface area contributed by atoms with Crippen molar-refractivity contribution in [2.24, 2.45) is 9.98 Å². The van der Waals surface area contributed by atoms with Crippen LogP contribution in [0.5, 0.6) is 0 Å². The van der Waals surface area contributed by atoms with E-state index in [2.05, 4.69) is 9.98 Å². The lowest BCUT2D eigenvalue weighted by molar-refractivity contribution is 0.611. The zero-order valence-electron chi connectivity index (χ0n) is 6.03. The van der Waals surface area contributed by atoms with Gasteiger partial charge in [-0.2, -0.15) is 0 Å². The van der Waals surface area contributed by atoms with E-state index in [1.807, 2.05) is 0 Å². The first-order chi connectivity index (χ1) is 4.88. The zero-order chi connectivity index (χ0) is 6.97. The van der Waals surface area contributed by atoms with Crippen LogP contribution in [-0.2, 0) is 0 Å². The van der Waals surface area contributed by atoms with Crippen LogP contribution >= 0.6 is 24.8 Å². The molecule has 1 aromatic carbocycles. The Hall–Kier alpha value is -0.670. The van der Waals surface area contributed by atoms with Crippen LogP contribution in [0.3, 0.4) is 0 Å². The molecule has 1 aliphatic rings. The van der Waals surface area contributed by atoms with Crippen LogP contribution in [0.15, 0.2) is 28.2 Å². The van der Waals surface area contributed by atoms with Gasteiger partial charge in [-0.1, -0.05) is 6.07 Å². The molecule has 2 nitrogen and oxygen atoms in total. The van der Waals surface area contributed by atoms with Crippen LogP contribution in [0.25, 0.3) is 0 Å². The Kier molecular flexibility index (Phi) is 4.13. The number of hydrogen-bond donors (Lipinski definition) is 0. The maximum absolute atomic E-state index is 12.7. The molecule has 2 rings (SSSR count). The first-order valence-electron chi connectivity index (χ1n) is 3.01. The fourth-order valence-corrected chi connectivity index (χ4v) is 0.970. The summed E-state index contributed by atoms with van der Waals surface area (Å²) in [5, 5.41) is 1.07. The molecule has 0 aliphatic carbocycles. The van der Waals surface area contributed by atoms with Crippen LogP contribution in [0.4, 0.5) is 4.39 Å². The van der Waals surface area contributed by atoms with E-state index < -0.39 is 0 Å². The molecule has 1 heterocycles. The van der Waals surface area contributed by atoms with E-state index in [-0.39, 0.29) is 30.6 Å². The van der Waals surface area contributed by atoms with Crippen molar-refractivity contribution in [3.8, 4) is 0 Å². The molecule has 0 N–H and O–H groups in total. The topological polar surface area (TPSA) is 24.7 Å². The average molecular weight is 209 g/mol. The van der Waals surface area contributed by atoms with E-state index >= 15 is 0 Å². The molecule has 0 bridgehead atoms. The summed E-state index contributed by atoms with van der Waals surface area (Å²) in [7, 11) is 0. The molecule has 0 unspecified atom stereocenters. The van der Waals surface area contributed by atoms with Crippen molar-refractivity contribution < 1.29 is 4.39 Å². The molecule has 0 spiro atoms. The first kappa shape index (κ1) is 11.3. The lowest BCUT2D eigenvalue weighted by atomic mass is 10.3. The predicted octanol–water partition coefficient (Wildman–Crippen LogP) is 0.880. The highest BCUT2D eigenvalue weighted by molar-refractivity contribution is 5.85. The van der Waals surface area contributed by atoms with Crippen molar-refractivity contribution in [1.82, 2.24) is 0 Å². The third-order valence-corrected chi connectivity index (χ3v) is 1.44. The lowest BCUT2D eigenvalue weighted by Crippen LogP contribution is -2.24. The number of para-hydroxylation sites is 1. The smallest absolute Gasteiger partial charge is 0.150 e. The molecular weight excluding hydrogens is 202 g/mol. The minimum atomic E-state index is -0.279. The second-order valence-corrected chi connectivity index (χ2v) is 2.07. The van der Waals surface area contributed by atoms with Gasteiger partial charge in [-0.3, -0.25) is 9.98 Å². The number of benzene rings is 1. The van der Waals surface area contributed by atoms with E-state index in [4.69, 9.17) is 0 Å². The van der Waals surface area contributed by atoms with E-state index in [0.29, 0.717) is 17.4 Å². The Labute approximate surface area is 81.1 Å². The van der Waals surface area contributed by atoms with Gasteiger partial charge in [0.15, 0.2) is 5.82 Å². The van der Waals surface area contributed by atoms with E-state index in [1.165, 1.54) is 6.07 Å². The van der Waals surface area contributed by atoms with Crippen molar-refractivity contribution >= 4 is 24.8 Å². The summed E-state index contributed by atoms with van der Waals surface area (Å²) in [4.78, 5) is 7.81. The van der Waals surface area contributed by atoms with Crippen molar-refractivity contribution in [3.63, 3.8) is 0 Å². The Bertz CT molecular complexity index is 377. The predicted molar refractivity (Wildman–Crippen MR) is 48.1 cm³/mol. The van der Waals surface area contributed by atoms with Crippen molar-refractivity contribution in [1.29, 1.82) is 0 Å². The van der Waals surface area contributed by atoms with Crippen LogP contribution < -0.4 is 10.7 Å². The summed E-state index contributed by atoms with van der Waals surface area (Å²) in [6, 6.07) is 4.79. The monoisotopic (exact) mass is 208 g/mol. The molecule has 0 amide bonds. The Balaban J connectivity index is 0.000000605. The van der Waals surface area contributed by atoms with Crippen LogP contribution in [0, 0.1) is 5.82 Å². The van der Waals surface area contributed by atoms with Crippen LogP contribution in [0.1, 0.15) is 0 Å². The molecule has 0 atom stereocenters. The number of fused-ring (bicyclic) bond motifs is 1. The first-order valence-corrected chi connectivity index (χ1v) is 3.01. The average Bonchev–Trinajstić information content (AvgIpc) is 2.36. The SMILES string of the molecule is Cl.Cl.Fc1cccc2c1=NCN=2. The quantitative estimate of drug-likeness (QED) is 0.605. The second-order valence-electron chi connectivity index (χ2n) is 2.07. The maximum atomic E-state index is 12.7. The van der Waals surface area contributed by atoms with Crippen molar-refractivity contribution in [3.05, 3.63) is 34.7 Å². The van der Waals surface area contributed by atoms with Gasteiger partial charge in [-0.05, 0) is 12.1 Å². The Morgan fingerprint density at radius 2 is 1.92 bits per heavy atom. The van der Waals surface area contributed by atoms with Gasteiger partial charge in [0, 0.05) is 0 Å². The van der Waals surface area contributed by atoms with E-state index in [0.717, 1.165) is 0 Å². The second kappa shape index (κ2) is 4.38. The molecule has 0 radical (unpaired) electrons. The number of halogens is 3. The van der Waals surface area contributed by atoms with Crippen LogP contribution in [-0.4, -0.2) is 6.67 Å². The van der Waals surface area contributed by atoms with Gasteiger partial charge in [0.25, 0.3) is 0 Å². The number of rotatable bonds is 0. The third-order valence-electron chi connectivity index (χ3n) is 1.44. The minimum Gasteiger partial charge on any atom is -0.260 e. The molecule has 66 valence electrons. The molecule has 0 saturated heterocycles. The van der Waals surface area contributed by atoms with Gasteiger partial charge in [-0.25, -0.2) is 4.39 Å². The zero-order valence-corrected chi connectivity index (χ0v) is 7.66. The van der Waals surface area contributed by atoms with Gasteiger partial charge in [0.05, 0.1) is 5.36 Å². The maximum Gasteiger partial charge on any atom is 0.150 e. The number of hydrogen-bond acceptors (Lipinski definition) is 2. The Morgan fingerprint density at radius 1 is 1.17 bits per heavy atom. The molecule has 0 aromatic heterocycles. The van der Waals surface area contributed by atoms with Gasteiger partial charge >= 0.3 is 0 Å². The molecule has 0 fully saturated rings. The summed E-state index contributed by atoms with van der Waals surface area (Å²) in [6.07, 6.45) is 0. The molecule has 1 aromatic rings. The lowest BCUT2D eigenvalue weighted by Gasteiger charge is -1.82. The van der Waals surface area contributed by atoms with Gasteiger partial charge < -0.3 is 0 Å². The van der Waals surface area contributed by atoms with Crippen molar-refractivity contribution in [2.75, 3.05) is 6.67 Å². The number of nitrogens with zero attached hydrogens (tertiary/aromatic N) is 2. The molecule has 1 aliphatic heterocycles. The van der Waals surface area contributed by atoms with Gasteiger partial charge in [-0.15, -0.1) is 24.8 Å². The Morgan fingerprint density at radius 3 is 2.58 bits per heavy atom. The van der Waals surface area contributed by atoms with Crippen LogP contribution in [0.2, 0.25) is 0 Å². The summed E-state index contributed by atoms with van der Waals surface area (Å²) < 4.78 is 12.7. The summed E-state index contributed by atoms with van der Waals surface area (Å²) in [5.41, 5.74) is 0. The highest BCUT2D eigenvalue weighted by Crippen LogP contribution is 1.86. The summed E-state index contributed by atoms with van der Waals surface area (Å²) in [5.74, 6) is -0.279. The third kappa shape index (κ3) is 1.73. The highest BCUT2D eigenvalue weighted by atomic mass is 35.5. The normalized spacial score (nSPS) is 11.4. The largest absolute Gasteiger partial charge is 0.260 e. The summed E-state index contributed by atoms with van der Waals surface area (Å²) >= 11 is 0. The van der Waals surface area contributed by atoms with E-state index in [9.17, 15) is 4.39 Å². The fraction of sp³-hybridized carbons (Fsp3) is 0.143. The van der Waals surface area contributed by atoms with Gasteiger partial charge in [0.2, 0.25) is 0 Å². The van der Waals surface area contributed by atoms with E-state index in [1.54, 1.807) is 12.1 Å². The standard InChI is InChI=1S/C7H5FN2.2ClH/c8-5-2-1-3-6-7(5)10-4-9-6;;/h1-3H,4H2;2*1H. The van der Waals surface area contributed by atoms with Gasteiger partial charge in [0.1, 0.15) is 12.0 Å². The van der Waals surface area contributed by atoms with Crippen molar-refractivity contribution in [2.45, 2.75) is 0 Å². The summed E-state index contributed by atoms with van der Waals surface area (Å²) in [6.45, 7) is 0.371. The molecular formula is C7H7Cl2FN2. The fourth-order valence-electron chi connectivity index (χ4n) is 0.970. The highest BCUT2D eigenvalue weighted by Gasteiger charge is 1.99. The minimum absolute atomic E-state index is 0. The molecule has 5 heteroatoms.